The third-order valence-electron chi connectivity index (χ3n) is 5.76. The molecule has 2 saturated heterocycles. The van der Waals surface area contributed by atoms with E-state index in [0.29, 0.717) is 23.1 Å². The number of aromatic nitrogens is 2. The van der Waals surface area contributed by atoms with Crippen molar-refractivity contribution in [2.45, 2.75) is 19.4 Å². The molecule has 2 amide bonds. The molecule has 2 aliphatic heterocycles. The monoisotopic (exact) mass is 499 g/mol. The van der Waals surface area contributed by atoms with E-state index in [1.165, 1.54) is 22.9 Å². The summed E-state index contributed by atoms with van der Waals surface area (Å²) in [5.74, 6) is -1.22. The van der Waals surface area contributed by atoms with Crippen LogP contribution in [0.4, 0.5) is 15.9 Å². The number of fused-ring (bicyclic) bond motifs is 1. The Morgan fingerprint density at radius 3 is 2.80 bits per heavy atom. The predicted octanol–water partition coefficient (Wildman–Crippen LogP) is 2.14. The first-order chi connectivity index (χ1) is 16.9. The van der Waals surface area contributed by atoms with Crippen LogP contribution in [-0.2, 0) is 9.59 Å². The zero-order chi connectivity index (χ0) is 24.5. The smallest absolute Gasteiger partial charge is 0.263 e. The summed E-state index contributed by atoms with van der Waals surface area (Å²) < 4.78 is 20.5. The van der Waals surface area contributed by atoms with Crippen molar-refractivity contribution < 1.29 is 18.7 Å². The first-order valence-electron chi connectivity index (χ1n) is 11.0. The molecular weight excluding hydrogens is 477 g/mol. The number of hydrazine groups is 1. The van der Waals surface area contributed by atoms with Crippen LogP contribution in [0.25, 0.3) is 0 Å². The van der Waals surface area contributed by atoms with Gasteiger partial charge in [-0.3, -0.25) is 19.9 Å². The highest BCUT2D eigenvalue weighted by molar-refractivity contribution is 6.30. The number of rotatable bonds is 6. The highest BCUT2D eigenvalue weighted by atomic mass is 35.5. The number of halogens is 2. The number of hydrogen-bond donors (Lipinski definition) is 4. The number of aryl methyl sites for hydroxylation is 1. The topological polar surface area (TPSA) is 113 Å². The van der Waals surface area contributed by atoms with Gasteiger partial charge in [-0.25, -0.2) is 14.5 Å². The molecular formula is C23H23ClFN7O3. The Balaban J connectivity index is 1.31. The standard InChI is InChI=1S/C23H23ClFN7O3/c1-13-10-19(27-20(33)12-35-18-5-3-2-4-17(18)25)32(30-13)23-28-21-16(22(34)29-23)11-26-31(21)15-8-6-14(24)7-9-15/h2-10,16,21,23,26,28H,11-12H2,1H3,(H,27,33)(H,29,34). The molecule has 5 rings (SSSR count). The molecule has 0 aliphatic carbocycles. The highest BCUT2D eigenvalue weighted by Gasteiger charge is 2.45. The Hall–Kier alpha value is -3.67. The van der Waals surface area contributed by atoms with Gasteiger partial charge in [-0.05, 0) is 43.3 Å². The Labute approximate surface area is 205 Å². The number of ether oxygens (including phenoxy) is 1. The number of anilines is 2. The summed E-state index contributed by atoms with van der Waals surface area (Å²) in [5.41, 5.74) is 4.72. The van der Waals surface area contributed by atoms with Crippen LogP contribution in [0.1, 0.15) is 12.0 Å². The second kappa shape index (κ2) is 9.53. The quantitative estimate of drug-likeness (QED) is 0.411. The van der Waals surface area contributed by atoms with Gasteiger partial charge in [0.25, 0.3) is 5.91 Å². The van der Waals surface area contributed by atoms with Crippen LogP contribution < -0.4 is 31.1 Å². The van der Waals surface area contributed by atoms with E-state index in [1.54, 1.807) is 31.2 Å². The van der Waals surface area contributed by atoms with Crippen LogP contribution in [0.5, 0.6) is 5.75 Å². The molecule has 2 fully saturated rings. The molecule has 0 bridgehead atoms. The van der Waals surface area contributed by atoms with Crippen molar-refractivity contribution in [2.24, 2.45) is 5.92 Å². The van der Waals surface area contributed by atoms with E-state index in [1.807, 2.05) is 17.1 Å². The molecule has 3 aromatic rings. The third-order valence-corrected chi connectivity index (χ3v) is 6.01. The Morgan fingerprint density at radius 1 is 1.26 bits per heavy atom. The van der Waals surface area contributed by atoms with Gasteiger partial charge in [-0.1, -0.05) is 23.7 Å². The van der Waals surface area contributed by atoms with E-state index in [0.717, 1.165) is 5.69 Å². The van der Waals surface area contributed by atoms with Crippen molar-refractivity contribution in [3.05, 3.63) is 71.1 Å². The number of benzene rings is 2. The van der Waals surface area contributed by atoms with Crippen molar-refractivity contribution in [2.75, 3.05) is 23.5 Å². The minimum Gasteiger partial charge on any atom is -0.481 e. The first kappa shape index (κ1) is 23.1. The Morgan fingerprint density at radius 2 is 2.03 bits per heavy atom. The number of nitrogens with zero attached hydrogens (tertiary/aromatic N) is 3. The molecule has 4 N–H and O–H groups in total. The van der Waals surface area contributed by atoms with Gasteiger partial charge in [-0.2, -0.15) is 5.10 Å². The molecule has 35 heavy (non-hydrogen) atoms. The number of nitrogens with one attached hydrogen (secondary N) is 4. The van der Waals surface area contributed by atoms with Crippen LogP contribution in [-0.4, -0.2) is 40.9 Å². The Bertz CT molecular complexity index is 1250. The molecule has 3 unspecified atom stereocenters. The van der Waals surface area contributed by atoms with Crippen LogP contribution in [0, 0.1) is 18.7 Å². The van der Waals surface area contributed by atoms with Gasteiger partial charge in [0, 0.05) is 17.6 Å². The summed E-state index contributed by atoms with van der Waals surface area (Å²) in [5, 5.41) is 16.0. The minimum absolute atomic E-state index is 0.0179. The van der Waals surface area contributed by atoms with E-state index in [9.17, 15) is 14.0 Å². The van der Waals surface area contributed by atoms with Crippen LogP contribution in [0.15, 0.2) is 54.6 Å². The Kier molecular flexibility index (Phi) is 6.29. The van der Waals surface area contributed by atoms with Gasteiger partial charge in [0.05, 0.1) is 17.3 Å². The minimum atomic E-state index is -0.727. The van der Waals surface area contributed by atoms with Crippen molar-refractivity contribution >= 4 is 34.9 Å². The number of carbonyl (C=O) groups excluding carboxylic acids is 2. The fourth-order valence-electron chi connectivity index (χ4n) is 4.13. The van der Waals surface area contributed by atoms with E-state index in [-0.39, 0.29) is 23.7 Å². The predicted molar refractivity (Wildman–Crippen MR) is 127 cm³/mol. The molecule has 2 aliphatic rings. The summed E-state index contributed by atoms with van der Waals surface area (Å²) in [7, 11) is 0. The summed E-state index contributed by atoms with van der Waals surface area (Å²) in [4.78, 5) is 25.4. The van der Waals surface area contributed by atoms with Gasteiger partial charge in [0.1, 0.15) is 12.0 Å². The molecule has 0 saturated carbocycles. The van der Waals surface area contributed by atoms with Crippen LogP contribution in [0.2, 0.25) is 5.02 Å². The second-order valence-electron chi connectivity index (χ2n) is 8.22. The van der Waals surface area contributed by atoms with E-state index < -0.39 is 24.6 Å². The van der Waals surface area contributed by atoms with E-state index >= 15 is 0 Å². The molecule has 182 valence electrons. The van der Waals surface area contributed by atoms with Crippen molar-refractivity contribution in [1.82, 2.24) is 25.8 Å². The maximum absolute atomic E-state index is 13.8. The molecule has 10 nitrogen and oxygen atoms in total. The maximum Gasteiger partial charge on any atom is 0.263 e. The highest BCUT2D eigenvalue weighted by Crippen LogP contribution is 2.28. The average Bonchev–Trinajstić information content (AvgIpc) is 3.42. The van der Waals surface area contributed by atoms with Gasteiger partial charge in [0.15, 0.2) is 24.5 Å². The SMILES string of the molecule is Cc1cc(NC(=O)COc2ccccc2F)n(C2NC(=O)C3CNN(c4ccc(Cl)cc4)C3N2)n1. The summed E-state index contributed by atoms with van der Waals surface area (Å²) >= 11 is 6.02. The van der Waals surface area contributed by atoms with Crippen molar-refractivity contribution in [3.63, 3.8) is 0 Å². The first-order valence-corrected chi connectivity index (χ1v) is 11.3. The van der Waals surface area contributed by atoms with E-state index in [4.69, 9.17) is 16.3 Å². The molecule has 0 spiro atoms. The van der Waals surface area contributed by atoms with Gasteiger partial charge >= 0.3 is 0 Å². The van der Waals surface area contributed by atoms with Crippen LogP contribution >= 0.6 is 11.6 Å². The molecule has 3 heterocycles. The normalized spacial score (nSPS) is 21.4. The lowest BCUT2D eigenvalue weighted by Crippen LogP contribution is -2.61. The van der Waals surface area contributed by atoms with Crippen molar-refractivity contribution in [1.29, 1.82) is 0 Å². The zero-order valence-electron chi connectivity index (χ0n) is 18.7. The third kappa shape index (κ3) is 4.78. The number of para-hydroxylation sites is 1. The lowest BCUT2D eigenvalue weighted by molar-refractivity contribution is -0.129. The molecule has 12 heteroatoms. The summed E-state index contributed by atoms with van der Waals surface area (Å²) in [6, 6.07) is 14.8. The molecule has 0 radical (unpaired) electrons. The fraction of sp³-hybridized carbons (Fsp3) is 0.261. The zero-order valence-corrected chi connectivity index (χ0v) is 19.4. The molecule has 3 atom stereocenters. The van der Waals surface area contributed by atoms with Gasteiger partial charge in [-0.15, -0.1) is 0 Å². The average molecular weight is 500 g/mol. The van der Waals surface area contributed by atoms with E-state index in [2.05, 4.69) is 26.5 Å². The number of carbonyl (C=O) groups is 2. The fourth-order valence-corrected chi connectivity index (χ4v) is 4.26. The lowest BCUT2D eigenvalue weighted by Gasteiger charge is -2.37. The largest absolute Gasteiger partial charge is 0.481 e. The maximum atomic E-state index is 13.8. The number of amides is 2. The summed E-state index contributed by atoms with van der Waals surface area (Å²) in [6.45, 7) is 1.83. The van der Waals surface area contributed by atoms with Crippen LogP contribution in [0.3, 0.4) is 0 Å². The molecule has 1 aromatic heterocycles. The summed E-state index contributed by atoms with van der Waals surface area (Å²) in [6.07, 6.45) is -1.10. The van der Waals surface area contributed by atoms with Crippen molar-refractivity contribution in [3.8, 4) is 5.75 Å². The second-order valence-corrected chi connectivity index (χ2v) is 8.66. The number of hydrogen-bond acceptors (Lipinski definition) is 7. The molecule has 2 aromatic carbocycles. The van der Waals surface area contributed by atoms with Gasteiger partial charge < -0.3 is 15.4 Å². The van der Waals surface area contributed by atoms with Gasteiger partial charge in [0.2, 0.25) is 5.91 Å². The lowest BCUT2D eigenvalue weighted by atomic mass is 10.0.